The lowest BCUT2D eigenvalue weighted by Crippen LogP contribution is -2.66. The maximum Gasteiger partial charge on any atom is 0.362 e. The number of anilines is 1. The number of nitrogens with zero attached hydrogens (tertiary/aromatic N) is 3. The van der Waals surface area contributed by atoms with Gasteiger partial charge in [0.05, 0.1) is 6.54 Å². The van der Waals surface area contributed by atoms with E-state index in [1.54, 1.807) is 30.3 Å². The van der Waals surface area contributed by atoms with Gasteiger partial charge in [0, 0.05) is 5.38 Å². The highest BCUT2D eigenvalue weighted by molar-refractivity contribution is 7.84. The average molecular weight is 559 g/mol. The quantitative estimate of drug-likeness (QED) is 0.0990. The van der Waals surface area contributed by atoms with Crippen LogP contribution in [0.2, 0.25) is 0 Å². The average Bonchev–Trinajstić information content (AvgIpc) is 3.30. The molecule has 1 aromatic heterocycles. The van der Waals surface area contributed by atoms with E-state index in [2.05, 4.69) is 26.1 Å². The zero-order chi connectivity index (χ0) is 26.5. The Morgan fingerprint density at radius 3 is 2.61 bits per heavy atom. The van der Waals surface area contributed by atoms with Crippen LogP contribution in [0.3, 0.4) is 0 Å². The Kier molecular flexibility index (Phi) is 8.57. The van der Waals surface area contributed by atoms with Gasteiger partial charge in [-0.15, -0.1) is 22.9 Å². The zero-order valence-electron chi connectivity index (χ0n) is 18.4. The molecule has 0 spiro atoms. The summed E-state index contributed by atoms with van der Waals surface area (Å²) < 4.78 is 31.5. The Morgan fingerprint density at radius 2 is 2.03 bits per heavy atom. The SMILES string of the molecule is CON=C(C(=O)N[C@@H](C(=O)NC1CN(S(=O)(=O)O)C1=O)c1ccccc1)c1csc(NC(=O)CCl)n1. The fourth-order valence-electron chi connectivity index (χ4n) is 3.00. The Balaban J connectivity index is 1.80. The Labute approximate surface area is 213 Å². The fourth-order valence-corrected chi connectivity index (χ4v) is 4.47. The molecule has 1 aromatic carbocycles. The van der Waals surface area contributed by atoms with E-state index in [1.165, 1.54) is 12.5 Å². The summed E-state index contributed by atoms with van der Waals surface area (Å²) in [6.45, 7) is -0.467. The van der Waals surface area contributed by atoms with Crippen molar-refractivity contribution < 1.29 is 37.0 Å². The maximum atomic E-state index is 13.1. The van der Waals surface area contributed by atoms with E-state index in [0.29, 0.717) is 5.56 Å². The highest BCUT2D eigenvalue weighted by Crippen LogP contribution is 2.20. The molecule has 3 rings (SSSR count). The molecule has 0 radical (unpaired) electrons. The molecule has 1 fully saturated rings. The van der Waals surface area contributed by atoms with E-state index in [4.69, 9.17) is 21.0 Å². The second-order valence-corrected chi connectivity index (χ2v) is 9.53. The number of thiazole rings is 1. The summed E-state index contributed by atoms with van der Waals surface area (Å²) in [7, 11) is -3.54. The van der Waals surface area contributed by atoms with Gasteiger partial charge in [-0.2, -0.15) is 8.42 Å². The van der Waals surface area contributed by atoms with E-state index in [9.17, 15) is 27.6 Å². The van der Waals surface area contributed by atoms with Crippen LogP contribution in [-0.2, 0) is 34.3 Å². The van der Waals surface area contributed by atoms with Gasteiger partial charge in [-0.05, 0) is 5.56 Å². The lowest BCUT2D eigenvalue weighted by molar-refractivity contribution is -0.141. The molecular weight excluding hydrogens is 540 g/mol. The van der Waals surface area contributed by atoms with Crippen LogP contribution in [0, 0.1) is 0 Å². The van der Waals surface area contributed by atoms with Gasteiger partial charge in [-0.3, -0.25) is 23.7 Å². The van der Waals surface area contributed by atoms with E-state index >= 15 is 0 Å². The van der Waals surface area contributed by atoms with E-state index in [0.717, 1.165) is 11.3 Å². The largest absolute Gasteiger partial charge is 0.398 e. The molecule has 1 aliphatic rings. The lowest BCUT2D eigenvalue weighted by Gasteiger charge is -2.36. The Hall–Kier alpha value is -3.60. The van der Waals surface area contributed by atoms with Crippen LogP contribution < -0.4 is 16.0 Å². The zero-order valence-corrected chi connectivity index (χ0v) is 20.8. The third-order valence-corrected chi connectivity index (χ3v) is 6.56. The summed E-state index contributed by atoms with van der Waals surface area (Å²) in [5.74, 6) is -3.53. The van der Waals surface area contributed by atoms with Crippen LogP contribution >= 0.6 is 22.9 Å². The third-order valence-electron chi connectivity index (χ3n) is 4.67. The van der Waals surface area contributed by atoms with Gasteiger partial charge in [-0.1, -0.05) is 35.5 Å². The van der Waals surface area contributed by atoms with Crippen LogP contribution in [0.5, 0.6) is 0 Å². The van der Waals surface area contributed by atoms with Crippen molar-refractivity contribution in [1.29, 1.82) is 0 Å². The second kappa shape index (κ2) is 11.4. The first-order valence-corrected chi connectivity index (χ1v) is 12.7. The lowest BCUT2D eigenvalue weighted by atomic mass is 10.0. The number of aromatic nitrogens is 1. The molecule has 4 amide bonds. The second-order valence-electron chi connectivity index (χ2n) is 7.07. The number of β-lactam (4-membered cyclic amide) rings is 1. The van der Waals surface area contributed by atoms with Crippen LogP contribution in [0.1, 0.15) is 17.3 Å². The fraction of sp³-hybridized carbons (Fsp3) is 0.263. The summed E-state index contributed by atoms with van der Waals surface area (Å²) in [5, 5.41) is 12.5. The molecule has 2 aromatic rings. The first-order chi connectivity index (χ1) is 17.0. The van der Waals surface area contributed by atoms with Gasteiger partial charge in [0.25, 0.3) is 11.8 Å². The first kappa shape index (κ1) is 27.0. The summed E-state index contributed by atoms with van der Waals surface area (Å²) in [6, 6.07) is 5.47. The third kappa shape index (κ3) is 6.34. The van der Waals surface area contributed by atoms with Gasteiger partial charge in [0.2, 0.25) is 11.8 Å². The van der Waals surface area contributed by atoms with Gasteiger partial charge < -0.3 is 20.8 Å². The minimum absolute atomic E-state index is 0.0365. The topological polar surface area (TPSA) is 196 Å². The molecule has 17 heteroatoms. The molecule has 1 aliphatic heterocycles. The van der Waals surface area contributed by atoms with Crippen molar-refractivity contribution in [2.24, 2.45) is 5.16 Å². The maximum absolute atomic E-state index is 13.1. The predicted octanol–water partition coefficient (Wildman–Crippen LogP) is -0.342. The summed E-state index contributed by atoms with van der Waals surface area (Å²) in [4.78, 5) is 58.4. The van der Waals surface area contributed by atoms with E-state index < -0.39 is 52.6 Å². The summed E-state index contributed by atoms with van der Waals surface area (Å²) in [5.41, 5.74) is 0.0624. The number of nitrogens with one attached hydrogen (secondary N) is 3. The minimum Gasteiger partial charge on any atom is -0.398 e. The van der Waals surface area contributed by atoms with Crippen molar-refractivity contribution >= 4 is 67.7 Å². The van der Waals surface area contributed by atoms with Crippen molar-refractivity contribution in [3.8, 4) is 0 Å². The summed E-state index contributed by atoms with van der Waals surface area (Å²) >= 11 is 6.46. The number of oxime groups is 1. The van der Waals surface area contributed by atoms with Crippen molar-refractivity contribution in [3.63, 3.8) is 0 Å². The van der Waals surface area contributed by atoms with Crippen molar-refractivity contribution in [2.75, 3.05) is 24.9 Å². The molecule has 36 heavy (non-hydrogen) atoms. The van der Waals surface area contributed by atoms with Gasteiger partial charge in [-0.25, -0.2) is 9.29 Å². The molecular formula is C19H19ClN6O8S2. The molecule has 1 unspecified atom stereocenters. The highest BCUT2D eigenvalue weighted by Gasteiger charge is 2.45. The van der Waals surface area contributed by atoms with Gasteiger partial charge in [0.15, 0.2) is 10.8 Å². The number of hydrogen-bond acceptors (Lipinski definition) is 10. The smallest absolute Gasteiger partial charge is 0.362 e. The number of alkyl halides is 1. The minimum atomic E-state index is -4.74. The summed E-state index contributed by atoms with van der Waals surface area (Å²) in [6.07, 6.45) is 0. The Morgan fingerprint density at radius 1 is 1.33 bits per heavy atom. The van der Waals surface area contributed by atoms with Crippen LogP contribution in [-0.4, -0.2) is 77.2 Å². The van der Waals surface area contributed by atoms with E-state index in [-0.39, 0.29) is 26.7 Å². The molecule has 2 heterocycles. The van der Waals surface area contributed by atoms with Gasteiger partial charge >= 0.3 is 10.3 Å². The number of hydrogen-bond donors (Lipinski definition) is 4. The number of halogens is 1. The molecule has 14 nitrogen and oxygen atoms in total. The number of carbonyl (C=O) groups excluding carboxylic acids is 4. The normalized spacial score (nSPS) is 16.5. The molecule has 2 atom stereocenters. The molecule has 1 saturated heterocycles. The number of rotatable bonds is 10. The van der Waals surface area contributed by atoms with E-state index in [1.807, 2.05) is 0 Å². The van der Waals surface area contributed by atoms with Crippen LogP contribution in [0.15, 0.2) is 40.9 Å². The van der Waals surface area contributed by atoms with Crippen LogP contribution in [0.4, 0.5) is 5.13 Å². The van der Waals surface area contributed by atoms with Crippen molar-refractivity contribution in [1.82, 2.24) is 19.9 Å². The molecule has 4 N–H and O–H groups in total. The highest BCUT2D eigenvalue weighted by atomic mass is 35.5. The molecule has 0 aliphatic carbocycles. The molecule has 0 bridgehead atoms. The number of amides is 4. The monoisotopic (exact) mass is 558 g/mol. The van der Waals surface area contributed by atoms with Crippen LogP contribution in [0.25, 0.3) is 0 Å². The first-order valence-electron chi connectivity index (χ1n) is 9.93. The number of benzene rings is 1. The molecule has 192 valence electrons. The van der Waals surface area contributed by atoms with Gasteiger partial charge in [0.1, 0.15) is 30.8 Å². The number of carbonyl (C=O) groups is 4. The Bertz CT molecular complexity index is 1300. The molecule has 0 saturated carbocycles. The predicted molar refractivity (Wildman–Crippen MR) is 128 cm³/mol. The van der Waals surface area contributed by atoms with Crippen molar-refractivity contribution in [2.45, 2.75) is 12.1 Å². The van der Waals surface area contributed by atoms with Crippen molar-refractivity contribution in [3.05, 3.63) is 47.0 Å². The standard InChI is InChI=1S/C19H19ClN6O8S2/c1-34-25-15(12-9-35-19(22-12)23-13(27)7-20)17(29)24-14(10-5-3-2-4-6-10)16(28)21-11-8-26(18(11)30)36(31,32)33/h2-6,9,11,14H,7-8H2,1H3,(H,21,28)(H,24,29)(H,22,23,27)(H,31,32,33)/t11?,14-/m1/s1.